The maximum absolute atomic E-state index is 12.0. The van der Waals surface area contributed by atoms with Crippen LogP contribution in [0.2, 0.25) is 5.02 Å². The molecule has 0 aliphatic carbocycles. The van der Waals surface area contributed by atoms with Crippen LogP contribution in [0.4, 0.5) is 0 Å². The number of hydrogen-bond acceptors (Lipinski definition) is 3. The fourth-order valence-corrected chi connectivity index (χ4v) is 2.40. The monoisotopic (exact) mass is 267 g/mol. The molecule has 1 saturated heterocycles. The molecule has 0 saturated carbocycles. The van der Waals surface area contributed by atoms with Crippen LogP contribution < -0.4 is 0 Å². The highest BCUT2D eigenvalue weighted by molar-refractivity contribution is 6.33. The fourth-order valence-electron chi connectivity index (χ4n) is 2.18. The van der Waals surface area contributed by atoms with Gasteiger partial charge in [0.1, 0.15) is 6.10 Å². The van der Waals surface area contributed by atoms with Crippen molar-refractivity contribution in [3.05, 3.63) is 34.9 Å². The van der Waals surface area contributed by atoms with Crippen molar-refractivity contribution in [1.82, 2.24) is 4.90 Å². The number of esters is 1. The van der Waals surface area contributed by atoms with Crippen molar-refractivity contribution in [3.8, 4) is 0 Å². The van der Waals surface area contributed by atoms with E-state index in [0.717, 1.165) is 32.5 Å². The third-order valence-corrected chi connectivity index (χ3v) is 3.68. The molecule has 1 aromatic carbocycles. The van der Waals surface area contributed by atoms with Crippen molar-refractivity contribution in [2.24, 2.45) is 0 Å². The average molecular weight is 268 g/mol. The summed E-state index contributed by atoms with van der Waals surface area (Å²) in [4.78, 5) is 14.3. The van der Waals surface area contributed by atoms with Crippen LogP contribution in [0.15, 0.2) is 24.3 Å². The quantitative estimate of drug-likeness (QED) is 0.789. The SMILES string of the molecule is CCN1CCC(OC(=O)c2ccccc2Cl)CC1. The van der Waals surface area contributed by atoms with Gasteiger partial charge in [0, 0.05) is 13.1 Å². The minimum absolute atomic E-state index is 0.0246. The highest BCUT2D eigenvalue weighted by Gasteiger charge is 2.22. The van der Waals surface area contributed by atoms with Gasteiger partial charge in [-0.1, -0.05) is 30.7 Å². The van der Waals surface area contributed by atoms with Crippen LogP contribution in [0.1, 0.15) is 30.1 Å². The summed E-state index contributed by atoms with van der Waals surface area (Å²) in [7, 11) is 0. The number of ether oxygens (including phenoxy) is 1. The minimum atomic E-state index is -0.310. The molecule has 3 nitrogen and oxygen atoms in total. The van der Waals surface area contributed by atoms with E-state index in [4.69, 9.17) is 16.3 Å². The minimum Gasteiger partial charge on any atom is -0.459 e. The molecule has 0 radical (unpaired) electrons. The summed E-state index contributed by atoms with van der Waals surface area (Å²) in [5.74, 6) is -0.310. The number of rotatable bonds is 3. The van der Waals surface area contributed by atoms with Crippen molar-refractivity contribution in [2.75, 3.05) is 19.6 Å². The zero-order chi connectivity index (χ0) is 13.0. The van der Waals surface area contributed by atoms with Crippen molar-refractivity contribution < 1.29 is 9.53 Å². The van der Waals surface area contributed by atoms with Crippen LogP contribution in [0, 0.1) is 0 Å². The summed E-state index contributed by atoms with van der Waals surface area (Å²) >= 11 is 5.97. The standard InChI is InChI=1S/C14H18ClNO2/c1-2-16-9-7-11(8-10-16)18-14(17)12-5-3-4-6-13(12)15/h3-6,11H,2,7-10H2,1H3. The molecule has 0 bridgehead atoms. The number of halogens is 1. The molecule has 0 N–H and O–H groups in total. The van der Waals surface area contributed by atoms with Gasteiger partial charge in [-0.2, -0.15) is 0 Å². The number of piperidine rings is 1. The van der Waals surface area contributed by atoms with E-state index in [1.54, 1.807) is 24.3 Å². The van der Waals surface area contributed by atoms with Crippen LogP contribution in [-0.4, -0.2) is 36.6 Å². The molecule has 1 aliphatic heterocycles. The van der Waals surface area contributed by atoms with E-state index in [1.165, 1.54) is 0 Å². The molecule has 0 aromatic heterocycles. The molecule has 18 heavy (non-hydrogen) atoms. The topological polar surface area (TPSA) is 29.5 Å². The largest absolute Gasteiger partial charge is 0.459 e. The zero-order valence-corrected chi connectivity index (χ0v) is 11.3. The Morgan fingerprint density at radius 2 is 2.06 bits per heavy atom. The smallest absolute Gasteiger partial charge is 0.339 e. The molecule has 1 aromatic rings. The molecule has 1 aliphatic rings. The van der Waals surface area contributed by atoms with Crippen LogP contribution in [0.25, 0.3) is 0 Å². The molecule has 2 rings (SSSR count). The van der Waals surface area contributed by atoms with Gasteiger partial charge in [0.25, 0.3) is 0 Å². The Morgan fingerprint density at radius 1 is 1.39 bits per heavy atom. The van der Waals surface area contributed by atoms with Crippen LogP contribution in [-0.2, 0) is 4.74 Å². The van der Waals surface area contributed by atoms with Crippen LogP contribution in [0.5, 0.6) is 0 Å². The van der Waals surface area contributed by atoms with E-state index in [1.807, 2.05) is 0 Å². The number of carbonyl (C=O) groups excluding carboxylic acids is 1. The average Bonchev–Trinajstić information content (AvgIpc) is 2.40. The van der Waals surface area contributed by atoms with Gasteiger partial charge >= 0.3 is 5.97 Å². The second-order valence-electron chi connectivity index (χ2n) is 4.52. The number of carbonyl (C=O) groups is 1. The molecule has 1 fully saturated rings. The molecule has 4 heteroatoms. The van der Waals surface area contributed by atoms with Crippen LogP contribution >= 0.6 is 11.6 Å². The lowest BCUT2D eigenvalue weighted by atomic mass is 10.1. The Bertz CT molecular complexity index is 414. The predicted octanol–water partition coefficient (Wildman–Crippen LogP) is 2.98. The van der Waals surface area contributed by atoms with Crippen molar-refractivity contribution in [2.45, 2.75) is 25.9 Å². The Morgan fingerprint density at radius 3 is 2.67 bits per heavy atom. The molecule has 1 heterocycles. The number of likely N-dealkylation sites (tertiary alicyclic amines) is 1. The second-order valence-corrected chi connectivity index (χ2v) is 4.93. The van der Waals surface area contributed by atoms with Gasteiger partial charge in [0.15, 0.2) is 0 Å². The first kappa shape index (κ1) is 13.4. The third kappa shape index (κ3) is 3.24. The van der Waals surface area contributed by atoms with E-state index in [-0.39, 0.29) is 12.1 Å². The number of hydrogen-bond donors (Lipinski definition) is 0. The van der Waals surface area contributed by atoms with E-state index < -0.39 is 0 Å². The number of nitrogens with zero attached hydrogens (tertiary/aromatic N) is 1. The molecule has 0 atom stereocenters. The summed E-state index contributed by atoms with van der Waals surface area (Å²) in [5, 5.41) is 0.452. The first-order valence-electron chi connectivity index (χ1n) is 6.38. The van der Waals surface area contributed by atoms with Crippen molar-refractivity contribution in [3.63, 3.8) is 0 Å². The summed E-state index contributed by atoms with van der Waals surface area (Å²) in [5.41, 5.74) is 0.456. The summed E-state index contributed by atoms with van der Waals surface area (Å²) in [6.45, 7) is 5.20. The summed E-state index contributed by atoms with van der Waals surface area (Å²) < 4.78 is 5.50. The highest BCUT2D eigenvalue weighted by Crippen LogP contribution is 2.19. The lowest BCUT2D eigenvalue weighted by Crippen LogP contribution is -2.37. The molecule has 0 unspecified atom stereocenters. The second kappa shape index (κ2) is 6.21. The summed E-state index contributed by atoms with van der Waals surface area (Å²) in [6, 6.07) is 7.00. The normalized spacial score (nSPS) is 17.7. The van der Waals surface area contributed by atoms with Gasteiger partial charge in [-0.05, 0) is 31.5 Å². The van der Waals surface area contributed by atoms with E-state index in [9.17, 15) is 4.79 Å². The van der Waals surface area contributed by atoms with Gasteiger partial charge in [0.05, 0.1) is 10.6 Å². The van der Waals surface area contributed by atoms with Gasteiger partial charge in [-0.3, -0.25) is 0 Å². The van der Waals surface area contributed by atoms with Gasteiger partial charge in [-0.25, -0.2) is 4.79 Å². The molecule has 98 valence electrons. The third-order valence-electron chi connectivity index (χ3n) is 3.35. The van der Waals surface area contributed by atoms with Gasteiger partial charge < -0.3 is 9.64 Å². The first-order valence-corrected chi connectivity index (χ1v) is 6.76. The Hall–Kier alpha value is -1.06. The Labute approximate surface area is 113 Å². The van der Waals surface area contributed by atoms with Gasteiger partial charge in [0.2, 0.25) is 0 Å². The lowest BCUT2D eigenvalue weighted by molar-refractivity contribution is 0.0119. The lowest BCUT2D eigenvalue weighted by Gasteiger charge is -2.30. The molecule has 0 spiro atoms. The number of benzene rings is 1. The maximum atomic E-state index is 12.0. The van der Waals surface area contributed by atoms with E-state index >= 15 is 0 Å². The maximum Gasteiger partial charge on any atom is 0.339 e. The van der Waals surface area contributed by atoms with E-state index in [0.29, 0.717) is 10.6 Å². The van der Waals surface area contributed by atoms with Crippen molar-refractivity contribution >= 4 is 17.6 Å². The van der Waals surface area contributed by atoms with Crippen molar-refractivity contribution in [1.29, 1.82) is 0 Å². The first-order chi connectivity index (χ1) is 8.70. The Kier molecular flexibility index (Phi) is 4.61. The highest BCUT2D eigenvalue weighted by atomic mass is 35.5. The van der Waals surface area contributed by atoms with Crippen LogP contribution in [0.3, 0.4) is 0 Å². The Balaban J connectivity index is 1.91. The molecular formula is C14H18ClNO2. The zero-order valence-electron chi connectivity index (χ0n) is 10.6. The van der Waals surface area contributed by atoms with Gasteiger partial charge in [-0.15, -0.1) is 0 Å². The predicted molar refractivity (Wildman–Crippen MR) is 72.0 cm³/mol. The van der Waals surface area contributed by atoms with E-state index in [2.05, 4.69) is 11.8 Å². The molecule has 0 amide bonds. The molecular weight excluding hydrogens is 250 g/mol. The summed E-state index contributed by atoms with van der Waals surface area (Å²) in [6.07, 6.45) is 1.84. The fraction of sp³-hybridized carbons (Fsp3) is 0.500.